The molecule has 0 radical (unpaired) electrons. The molecule has 2 aliphatic heterocycles. The first-order valence-corrected chi connectivity index (χ1v) is 11.2. The SMILES string of the molecule is CCOC(=O)C1=C(C)N=C2S[C@@H](CC)C(=O)N2[C@@H]1c1ccc(OCC)c(OCC)c1. The van der Waals surface area contributed by atoms with Crippen molar-refractivity contribution in [2.45, 2.75) is 52.3 Å². The normalized spacial score (nSPS) is 20.8. The van der Waals surface area contributed by atoms with Crippen molar-refractivity contribution in [2.24, 2.45) is 4.99 Å². The van der Waals surface area contributed by atoms with Gasteiger partial charge in [0.2, 0.25) is 5.91 Å². The van der Waals surface area contributed by atoms with Crippen LogP contribution in [0.2, 0.25) is 0 Å². The number of rotatable bonds is 8. The molecule has 1 amide bonds. The van der Waals surface area contributed by atoms with Gasteiger partial charge in [0.15, 0.2) is 16.7 Å². The molecule has 0 unspecified atom stereocenters. The third-order valence-electron chi connectivity index (χ3n) is 4.90. The molecule has 1 aromatic rings. The van der Waals surface area contributed by atoms with Gasteiger partial charge < -0.3 is 14.2 Å². The molecule has 7 nitrogen and oxygen atoms in total. The lowest BCUT2D eigenvalue weighted by molar-refractivity contribution is -0.139. The van der Waals surface area contributed by atoms with E-state index in [2.05, 4.69) is 4.99 Å². The first-order chi connectivity index (χ1) is 14.5. The van der Waals surface area contributed by atoms with Crippen molar-refractivity contribution in [3.63, 3.8) is 0 Å². The van der Waals surface area contributed by atoms with E-state index in [-0.39, 0.29) is 17.8 Å². The first-order valence-electron chi connectivity index (χ1n) is 10.3. The molecule has 1 saturated heterocycles. The van der Waals surface area contributed by atoms with Crippen LogP contribution in [0.5, 0.6) is 11.5 Å². The summed E-state index contributed by atoms with van der Waals surface area (Å²) >= 11 is 1.44. The van der Waals surface area contributed by atoms with Crippen LogP contribution in [0.1, 0.15) is 52.6 Å². The van der Waals surface area contributed by atoms with E-state index in [1.807, 2.05) is 39.0 Å². The molecule has 0 bridgehead atoms. The van der Waals surface area contributed by atoms with Crippen LogP contribution in [0.25, 0.3) is 0 Å². The van der Waals surface area contributed by atoms with Crippen LogP contribution in [-0.4, -0.2) is 47.0 Å². The third-order valence-corrected chi connectivity index (χ3v) is 6.22. The van der Waals surface area contributed by atoms with Crippen LogP contribution in [0, 0.1) is 0 Å². The predicted octanol–water partition coefficient (Wildman–Crippen LogP) is 4.09. The van der Waals surface area contributed by atoms with Gasteiger partial charge in [-0.25, -0.2) is 9.79 Å². The van der Waals surface area contributed by atoms with Crippen molar-refractivity contribution in [1.29, 1.82) is 0 Å². The van der Waals surface area contributed by atoms with Gasteiger partial charge >= 0.3 is 5.97 Å². The van der Waals surface area contributed by atoms with Gasteiger partial charge in [0.1, 0.15) is 0 Å². The van der Waals surface area contributed by atoms with Gasteiger partial charge in [-0.1, -0.05) is 24.8 Å². The number of benzene rings is 1. The fourth-order valence-corrected chi connectivity index (χ4v) is 4.75. The Morgan fingerprint density at radius 3 is 2.43 bits per heavy atom. The number of hydrogen-bond donors (Lipinski definition) is 0. The maximum Gasteiger partial charge on any atom is 0.338 e. The average molecular weight is 433 g/mol. The molecule has 0 N–H and O–H groups in total. The summed E-state index contributed by atoms with van der Waals surface area (Å²) in [5.41, 5.74) is 1.69. The monoisotopic (exact) mass is 432 g/mol. The van der Waals surface area contributed by atoms with Gasteiger partial charge in [0.25, 0.3) is 0 Å². The molecule has 0 aromatic heterocycles. The highest BCUT2D eigenvalue weighted by atomic mass is 32.2. The molecule has 0 saturated carbocycles. The number of esters is 1. The van der Waals surface area contributed by atoms with Gasteiger partial charge in [0, 0.05) is 0 Å². The molecule has 8 heteroatoms. The smallest absolute Gasteiger partial charge is 0.338 e. The van der Waals surface area contributed by atoms with Crippen molar-refractivity contribution < 1.29 is 23.8 Å². The van der Waals surface area contributed by atoms with Crippen molar-refractivity contribution in [3.8, 4) is 11.5 Å². The summed E-state index contributed by atoms with van der Waals surface area (Å²) in [6, 6.07) is 4.90. The molecular weight excluding hydrogens is 404 g/mol. The van der Waals surface area contributed by atoms with Crippen molar-refractivity contribution >= 4 is 28.8 Å². The Bertz CT molecular complexity index is 896. The molecule has 1 fully saturated rings. The molecule has 0 aliphatic carbocycles. The van der Waals surface area contributed by atoms with Crippen LogP contribution >= 0.6 is 11.8 Å². The molecule has 2 atom stereocenters. The number of fused-ring (bicyclic) bond motifs is 1. The Labute approximate surface area is 181 Å². The number of allylic oxidation sites excluding steroid dienone is 1. The molecule has 30 heavy (non-hydrogen) atoms. The Hall–Kier alpha value is -2.48. The zero-order chi connectivity index (χ0) is 21.8. The molecular formula is C22H28N2O5S. The van der Waals surface area contributed by atoms with Gasteiger partial charge in [-0.15, -0.1) is 0 Å². The largest absolute Gasteiger partial charge is 0.490 e. The Morgan fingerprint density at radius 1 is 1.10 bits per heavy atom. The number of amides is 1. The first kappa shape index (κ1) is 22.2. The summed E-state index contributed by atoms with van der Waals surface area (Å²) in [6.45, 7) is 10.5. The van der Waals surface area contributed by atoms with Crippen LogP contribution in [0.3, 0.4) is 0 Å². The number of thioether (sulfide) groups is 1. The summed E-state index contributed by atoms with van der Waals surface area (Å²) < 4.78 is 16.8. The number of ether oxygens (including phenoxy) is 3. The Kier molecular flexibility index (Phi) is 7.07. The van der Waals surface area contributed by atoms with Crippen molar-refractivity contribution in [3.05, 3.63) is 35.0 Å². The fraction of sp³-hybridized carbons (Fsp3) is 0.500. The average Bonchev–Trinajstić information content (AvgIpc) is 3.04. The van der Waals surface area contributed by atoms with Crippen molar-refractivity contribution in [1.82, 2.24) is 4.90 Å². The molecule has 162 valence electrons. The quantitative estimate of drug-likeness (QED) is 0.576. The lowest BCUT2D eigenvalue weighted by Crippen LogP contribution is -2.40. The van der Waals surface area contributed by atoms with E-state index >= 15 is 0 Å². The second kappa shape index (κ2) is 9.55. The summed E-state index contributed by atoms with van der Waals surface area (Å²) in [4.78, 5) is 32.2. The lowest BCUT2D eigenvalue weighted by atomic mass is 9.93. The number of carbonyl (C=O) groups is 2. The van der Waals surface area contributed by atoms with E-state index in [9.17, 15) is 9.59 Å². The number of aliphatic imine (C=N–C) groups is 1. The van der Waals surface area contributed by atoms with Crippen LogP contribution < -0.4 is 9.47 Å². The molecule has 0 spiro atoms. The molecule has 2 heterocycles. The number of nitrogens with zero attached hydrogens (tertiary/aromatic N) is 2. The summed E-state index contributed by atoms with van der Waals surface area (Å²) in [5, 5.41) is 0.406. The highest BCUT2D eigenvalue weighted by molar-refractivity contribution is 8.15. The summed E-state index contributed by atoms with van der Waals surface area (Å²) in [7, 11) is 0. The minimum absolute atomic E-state index is 0.0487. The van der Waals surface area contributed by atoms with E-state index in [1.54, 1.807) is 18.7 Å². The van der Waals surface area contributed by atoms with Crippen LogP contribution in [-0.2, 0) is 14.3 Å². The number of hydrogen-bond acceptors (Lipinski definition) is 7. The highest BCUT2D eigenvalue weighted by Crippen LogP contribution is 2.45. The minimum Gasteiger partial charge on any atom is -0.490 e. The maximum atomic E-state index is 13.2. The Morgan fingerprint density at radius 2 is 1.80 bits per heavy atom. The van der Waals surface area contributed by atoms with Gasteiger partial charge in [0.05, 0.1) is 42.4 Å². The summed E-state index contributed by atoms with van der Waals surface area (Å²) in [5.74, 6) is 0.688. The lowest BCUT2D eigenvalue weighted by Gasteiger charge is -2.33. The zero-order valence-electron chi connectivity index (χ0n) is 18.1. The highest BCUT2D eigenvalue weighted by Gasteiger charge is 2.47. The minimum atomic E-state index is -0.622. The van der Waals surface area contributed by atoms with E-state index in [4.69, 9.17) is 14.2 Å². The molecule has 2 aliphatic rings. The third kappa shape index (κ3) is 4.05. The van der Waals surface area contributed by atoms with E-state index in [1.165, 1.54) is 11.8 Å². The topological polar surface area (TPSA) is 77.4 Å². The summed E-state index contributed by atoms with van der Waals surface area (Å²) in [6.07, 6.45) is 0.688. The van der Waals surface area contributed by atoms with E-state index in [0.29, 0.717) is 47.6 Å². The fourth-order valence-electron chi connectivity index (χ4n) is 3.61. The number of amidine groups is 1. The van der Waals surface area contributed by atoms with Gasteiger partial charge in [-0.3, -0.25) is 9.69 Å². The Balaban J connectivity index is 2.14. The van der Waals surface area contributed by atoms with Gasteiger partial charge in [-0.05, 0) is 51.8 Å². The predicted molar refractivity (Wildman–Crippen MR) is 117 cm³/mol. The molecule has 3 rings (SSSR count). The second-order valence-corrected chi connectivity index (χ2v) is 7.98. The van der Waals surface area contributed by atoms with Crippen LogP contribution in [0.4, 0.5) is 0 Å². The van der Waals surface area contributed by atoms with E-state index in [0.717, 1.165) is 5.56 Å². The van der Waals surface area contributed by atoms with Gasteiger partial charge in [-0.2, -0.15) is 0 Å². The van der Waals surface area contributed by atoms with Crippen molar-refractivity contribution in [2.75, 3.05) is 19.8 Å². The number of carbonyl (C=O) groups excluding carboxylic acids is 2. The van der Waals surface area contributed by atoms with Crippen LogP contribution in [0.15, 0.2) is 34.5 Å². The standard InChI is InChI=1S/C22H28N2O5S/c1-6-17-20(25)24-19(14-10-11-15(27-7-2)16(12-14)28-8-3)18(21(26)29-9-4)13(5)23-22(24)30-17/h10-12,17,19H,6-9H2,1-5H3/t17-,19+/m0/s1. The van der Waals surface area contributed by atoms with E-state index < -0.39 is 12.0 Å². The zero-order valence-corrected chi connectivity index (χ0v) is 18.9. The maximum absolute atomic E-state index is 13.2. The molecule has 1 aromatic carbocycles. The second-order valence-electron chi connectivity index (χ2n) is 6.81.